The van der Waals surface area contributed by atoms with Crippen molar-refractivity contribution in [3.63, 3.8) is 0 Å². The van der Waals surface area contributed by atoms with Crippen LogP contribution in [0.15, 0.2) is 48.8 Å². The minimum Gasteiger partial charge on any atom is -0.481 e. The summed E-state index contributed by atoms with van der Waals surface area (Å²) in [7, 11) is 3.63. The third-order valence-electron chi connectivity index (χ3n) is 3.75. The van der Waals surface area contributed by atoms with Crippen LogP contribution < -0.4 is 4.74 Å². The fraction of sp³-hybridized carbons (Fsp3) is 0.222. The lowest BCUT2D eigenvalue weighted by atomic mass is 10.1. The van der Waals surface area contributed by atoms with Crippen LogP contribution in [0.1, 0.15) is 11.1 Å². The number of hydrogen-bond donors (Lipinski definition) is 1. The van der Waals surface area contributed by atoms with E-state index < -0.39 is 0 Å². The van der Waals surface area contributed by atoms with Gasteiger partial charge in [0.25, 0.3) is 0 Å². The molecule has 0 radical (unpaired) electrons. The molecule has 3 rings (SSSR count). The first kappa shape index (κ1) is 16.1. The summed E-state index contributed by atoms with van der Waals surface area (Å²) in [5.41, 5.74) is 3.99. The Hall–Kier alpha value is -2.73. The van der Waals surface area contributed by atoms with E-state index in [2.05, 4.69) is 20.1 Å². The molecule has 5 nitrogen and oxygen atoms in total. The molecule has 2 heterocycles. The van der Waals surface area contributed by atoms with Crippen LogP contribution in [0.3, 0.4) is 0 Å². The molecule has 3 aromatic rings. The molecule has 124 valence electrons. The summed E-state index contributed by atoms with van der Waals surface area (Å²) in [6, 6.07) is 10.3. The molecule has 0 unspecified atom stereocenters. The van der Waals surface area contributed by atoms with Gasteiger partial charge in [-0.05, 0) is 36.9 Å². The number of aromatic amines is 1. The molecular formula is C18H19FN4O. The Kier molecular flexibility index (Phi) is 4.86. The Morgan fingerprint density at radius 1 is 1.08 bits per heavy atom. The maximum atomic E-state index is 13.1. The van der Waals surface area contributed by atoms with Crippen molar-refractivity contribution in [3.05, 3.63) is 65.7 Å². The van der Waals surface area contributed by atoms with Crippen LogP contribution in [-0.2, 0) is 13.1 Å². The number of halogens is 1. The highest BCUT2D eigenvalue weighted by molar-refractivity contribution is 5.62. The number of benzene rings is 1. The molecule has 0 amide bonds. The molecular weight excluding hydrogens is 307 g/mol. The average molecular weight is 326 g/mol. The van der Waals surface area contributed by atoms with E-state index in [1.54, 1.807) is 19.2 Å². The third kappa shape index (κ3) is 3.78. The summed E-state index contributed by atoms with van der Waals surface area (Å²) in [4.78, 5) is 6.39. The van der Waals surface area contributed by atoms with Crippen LogP contribution >= 0.6 is 0 Å². The average Bonchev–Trinajstić information content (AvgIpc) is 3.04. The summed E-state index contributed by atoms with van der Waals surface area (Å²) >= 11 is 0. The van der Waals surface area contributed by atoms with Crippen LogP contribution in [0.4, 0.5) is 4.39 Å². The molecule has 0 aliphatic rings. The summed E-state index contributed by atoms with van der Waals surface area (Å²) in [5.74, 6) is 0.360. The van der Waals surface area contributed by atoms with Crippen molar-refractivity contribution in [2.24, 2.45) is 0 Å². The first-order chi connectivity index (χ1) is 11.7. The van der Waals surface area contributed by atoms with Crippen molar-refractivity contribution < 1.29 is 9.13 Å². The molecule has 1 aromatic carbocycles. The Morgan fingerprint density at radius 3 is 2.54 bits per heavy atom. The number of pyridine rings is 1. The van der Waals surface area contributed by atoms with E-state index in [4.69, 9.17) is 4.74 Å². The highest BCUT2D eigenvalue weighted by atomic mass is 19.1. The van der Waals surface area contributed by atoms with Crippen LogP contribution in [0.2, 0.25) is 0 Å². The van der Waals surface area contributed by atoms with E-state index in [0.717, 1.165) is 35.5 Å². The zero-order chi connectivity index (χ0) is 16.9. The molecule has 0 aliphatic carbocycles. The first-order valence-corrected chi connectivity index (χ1v) is 7.61. The summed E-state index contributed by atoms with van der Waals surface area (Å²) in [6.45, 7) is 1.47. The molecule has 2 aromatic heterocycles. The van der Waals surface area contributed by atoms with Gasteiger partial charge < -0.3 is 4.74 Å². The molecule has 0 aliphatic heterocycles. The van der Waals surface area contributed by atoms with E-state index >= 15 is 0 Å². The van der Waals surface area contributed by atoms with Gasteiger partial charge in [-0.1, -0.05) is 6.07 Å². The van der Waals surface area contributed by atoms with Crippen LogP contribution in [0, 0.1) is 5.82 Å². The predicted octanol–water partition coefficient (Wildman–Crippen LogP) is 3.25. The molecule has 0 saturated carbocycles. The summed E-state index contributed by atoms with van der Waals surface area (Å²) in [5, 5.41) is 7.13. The SMILES string of the molecule is COc1ccc(CN(C)Cc2cn[nH]c2-c2ccc(F)cc2)cn1. The highest BCUT2D eigenvalue weighted by Gasteiger charge is 2.11. The van der Waals surface area contributed by atoms with E-state index in [1.165, 1.54) is 12.1 Å². The van der Waals surface area contributed by atoms with Gasteiger partial charge in [-0.25, -0.2) is 9.37 Å². The molecule has 0 atom stereocenters. The summed E-state index contributed by atoms with van der Waals surface area (Å²) in [6.07, 6.45) is 3.62. The number of methoxy groups -OCH3 is 1. The van der Waals surface area contributed by atoms with Gasteiger partial charge in [0.05, 0.1) is 19.0 Å². The standard InChI is InChI=1S/C18H19FN4O/c1-23(11-13-3-8-17(24-2)20-9-13)12-15-10-21-22-18(15)14-4-6-16(19)7-5-14/h3-10H,11-12H2,1-2H3,(H,21,22). The highest BCUT2D eigenvalue weighted by Crippen LogP contribution is 2.22. The van der Waals surface area contributed by atoms with Gasteiger partial charge in [0.2, 0.25) is 5.88 Å². The van der Waals surface area contributed by atoms with Crippen molar-refractivity contribution in [1.82, 2.24) is 20.1 Å². The first-order valence-electron chi connectivity index (χ1n) is 7.61. The Morgan fingerprint density at radius 2 is 1.88 bits per heavy atom. The van der Waals surface area contributed by atoms with E-state index in [1.807, 2.05) is 31.6 Å². The number of nitrogens with zero attached hydrogens (tertiary/aromatic N) is 3. The molecule has 6 heteroatoms. The van der Waals surface area contributed by atoms with Crippen LogP contribution in [0.5, 0.6) is 5.88 Å². The maximum absolute atomic E-state index is 13.1. The molecule has 1 N–H and O–H groups in total. The fourth-order valence-corrected chi connectivity index (χ4v) is 2.58. The third-order valence-corrected chi connectivity index (χ3v) is 3.75. The summed E-state index contributed by atoms with van der Waals surface area (Å²) < 4.78 is 18.2. The van der Waals surface area contributed by atoms with Gasteiger partial charge in [0.15, 0.2) is 0 Å². The van der Waals surface area contributed by atoms with E-state index in [9.17, 15) is 4.39 Å². The normalized spacial score (nSPS) is 11.0. The van der Waals surface area contributed by atoms with Crippen molar-refractivity contribution >= 4 is 0 Å². The second kappa shape index (κ2) is 7.23. The minimum absolute atomic E-state index is 0.246. The van der Waals surface area contributed by atoms with Crippen molar-refractivity contribution in [3.8, 4) is 17.1 Å². The number of hydrogen-bond acceptors (Lipinski definition) is 4. The quantitative estimate of drug-likeness (QED) is 0.755. The van der Waals surface area contributed by atoms with Crippen LogP contribution in [0.25, 0.3) is 11.3 Å². The predicted molar refractivity (Wildman–Crippen MR) is 89.9 cm³/mol. The lowest BCUT2D eigenvalue weighted by molar-refractivity contribution is 0.318. The zero-order valence-electron chi connectivity index (χ0n) is 13.7. The van der Waals surface area contributed by atoms with Gasteiger partial charge >= 0.3 is 0 Å². The monoisotopic (exact) mass is 326 g/mol. The zero-order valence-corrected chi connectivity index (χ0v) is 13.7. The van der Waals surface area contributed by atoms with E-state index in [-0.39, 0.29) is 5.82 Å². The Bertz CT molecular complexity index is 784. The number of ether oxygens (including phenoxy) is 1. The second-order valence-corrected chi connectivity index (χ2v) is 5.66. The minimum atomic E-state index is -0.246. The number of nitrogens with one attached hydrogen (secondary N) is 1. The van der Waals surface area contributed by atoms with Gasteiger partial charge in [0.1, 0.15) is 5.82 Å². The number of rotatable bonds is 6. The molecule has 0 saturated heterocycles. The van der Waals surface area contributed by atoms with Gasteiger partial charge in [-0.2, -0.15) is 5.10 Å². The Balaban J connectivity index is 1.69. The molecule has 0 spiro atoms. The van der Waals surface area contributed by atoms with E-state index in [0.29, 0.717) is 5.88 Å². The van der Waals surface area contributed by atoms with Gasteiger partial charge in [-0.3, -0.25) is 10.00 Å². The second-order valence-electron chi connectivity index (χ2n) is 5.66. The van der Waals surface area contributed by atoms with Gasteiger partial charge in [0, 0.05) is 36.5 Å². The largest absolute Gasteiger partial charge is 0.481 e. The molecule has 0 fully saturated rings. The number of aromatic nitrogens is 3. The topological polar surface area (TPSA) is 54.0 Å². The smallest absolute Gasteiger partial charge is 0.212 e. The maximum Gasteiger partial charge on any atom is 0.212 e. The lowest BCUT2D eigenvalue weighted by Crippen LogP contribution is -2.17. The Labute approximate surface area is 140 Å². The van der Waals surface area contributed by atoms with Crippen LogP contribution in [-0.4, -0.2) is 34.2 Å². The molecule has 0 bridgehead atoms. The van der Waals surface area contributed by atoms with Crippen molar-refractivity contribution in [2.75, 3.05) is 14.2 Å². The number of H-pyrrole nitrogens is 1. The lowest BCUT2D eigenvalue weighted by Gasteiger charge is -2.16. The van der Waals surface area contributed by atoms with Crippen molar-refractivity contribution in [2.45, 2.75) is 13.1 Å². The molecule has 24 heavy (non-hydrogen) atoms. The fourth-order valence-electron chi connectivity index (χ4n) is 2.58. The van der Waals surface area contributed by atoms with Crippen molar-refractivity contribution in [1.29, 1.82) is 0 Å². The van der Waals surface area contributed by atoms with Gasteiger partial charge in [-0.15, -0.1) is 0 Å².